The molecular weight excluding hydrogens is 334 g/mol. The maximum Gasteiger partial charge on any atom is 0.255 e. The van der Waals surface area contributed by atoms with Crippen molar-refractivity contribution in [2.24, 2.45) is 0 Å². The van der Waals surface area contributed by atoms with Crippen LogP contribution in [0.3, 0.4) is 0 Å². The van der Waals surface area contributed by atoms with Crippen LogP contribution in [0.4, 0.5) is 5.69 Å². The highest BCUT2D eigenvalue weighted by molar-refractivity contribution is 6.04. The van der Waals surface area contributed by atoms with E-state index in [0.717, 1.165) is 27.8 Å². The predicted octanol–water partition coefficient (Wildman–Crippen LogP) is 5.67. The third kappa shape index (κ3) is 3.98. The summed E-state index contributed by atoms with van der Waals surface area (Å²) in [6, 6.07) is 31.1. The van der Waals surface area contributed by atoms with Gasteiger partial charge in [0.05, 0.1) is 0 Å². The molecule has 0 fully saturated rings. The molecule has 4 aromatic carbocycles. The predicted molar refractivity (Wildman–Crippen MR) is 109 cm³/mol. The molecule has 0 unspecified atom stereocenters. The number of anilines is 1. The van der Waals surface area contributed by atoms with Crippen LogP contribution in [0.5, 0.6) is 5.75 Å². The first-order valence-electron chi connectivity index (χ1n) is 8.85. The number of hydrogen-bond donors (Lipinski definition) is 1. The van der Waals surface area contributed by atoms with Gasteiger partial charge in [-0.2, -0.15) is 0 Å². The smallest absolute Gasteiger partial charge is 0.255 e. The molecule has 0 radical (unpaired) electrons. The van der Waals surface area contributed by atoms with E-state index < -0.39 is 0 Å². The van der Waals surface area contributed by atoms with E-state index in [2.05, 4.69) is 23.5 Å². The molecular formula is C24H19NO2. The Hall–Kier alpha value is -3.59. The number of ether oxygens (including phenoxy) is 1. The molecule has 4 rings (SSSR count). The summed E-state index contributed by atoms with van der Waals surface area (Å²) in [4.78, 5) is 12.3. The van der Waals surface area contributed by atoms with Crippen molar-refractivity contribution in [1.29, 1.82) is 0 Å². The molecule has 0 bridgehead atoms. The average Bonchev–Trinajstić information content (AvgIpc) is 2.73. The van der Waals surface area contributed by atoms with Crippen LogP contribution in [-0.2, 0) is 6.61 Å². The van der Waals surface area contributed by atoms with Crippen LogP contribution in [0.25, 0.3) is 10.8 Å². The largest absolute Gasteiger partial charge is 0.488 e. The number of rotatable bonds is 5. The van der Waals surface area contributed by atoms with Crippen molar-refractivity contribution in [1.82, 2.24) is 0 Å². The van der Waals surface area contributed by atoms with Crippen molar-refractivity contribution < 1.29 is 9.53 Å². The second-order valence-corrected chi connectivity index (χ2v) is 6.28. The number of benzene rings is 4. The summed E-state index contributed by atoms with van der Waals surface area (Å²) >= 11 is 0. The lowest BCUT2D eigenvalue weighted by Crippen LogP contribution is -2.11. The molecule has 132 valence electrons. The monoisotopic (exact) mass is 353 g/mol. The summed E-state index contributed by atoms with van der Waals surface area (Å²) in [6.45, 7) is 0.453. The Morgan fingerprint density at radius 1 is 0.741 bits per heavy atom. The number of amides is 1. The fraction of sp³-hybridized carbons (Fsp3) is 0.0417. The van der Waals surface area contributed by atoms with Crippen LogP contribution in [0.1, 0.15) is 15.9 Å². The van der Waals surface area contributed by atoms with E-state index in [1.165, 1.54) is 0 Å². The Kier molecular flexibility index (Phi) is 4.84. The molecule has 27 heavy (non-hydrogen) atoms. The standard InChI is InChI=1S/C24H19NO2/c26-24(25-21-9-2-1-3-10-21)20-15-13-18(14-16-20)17-27-23-12-6-8-19-7-4-5-11-22(19)23/h1-16H,17H2,(H,25,26). The molecule has 1 amide bonds. The Labute approximate surface area is 158 Å². The van der Waals surface area contributed by atoms with Gasteiger partial charge in [-0.1, -0.05) is 66.7 Å². The number of hydrogen-bond acceptors (Lipinski definition) is 2. The highest BCUT2D eigenvalue weighted by Crippen LogP contribution is 2.26. The van der Waals surface area contributed by atoms with Crippen LogP contribution >= 0.6 is 0 Å². The summed E-state index contributed by atoms with van der Waals surface area (Å²) in [5.41, 5.74) is 2.41. The zero-order valence-electron chi connectivity index (χ0n) is 14.8. The van der Waals surface area contributed by atoms with Crippen LogP contribution in [0, 0.1) is 0 Å². The van der Waals surface area contributed by atoms with Gasteiger partial charge in [0.15, 0.2) is 0 Å². The first-order valence-corrected chi connectivity index (χ1v) is 8.85. The molecule has 3 nitrogen and oxygen atoms in total. The van der Waals surface area contributed by atoms with Crippen LogP contribution in [-0.4, -0.2) is 5.91 Å². The number of fused-ring (bicyclic) bond motifs is 1. The summed E-state index contributed by atoms with van der Waals surface area (Å²) < 4.78 is 6.00. The molecule has 0 aliphatic carbocycles. The van der Waals surface area contributed by atoms with E-state index in [1.54, 1.807) is 0 Å². The highest BCUT2D eigenvalue weighted by Gasteiger charge is 2.07. The second-order valence-electron chi connectivity index (χ2n) is 6.28. The average molecular weight is 353 g/mol. The number of carbonyl (C=O) groups excluding carboxylic acids is 1. The van der Waals surface area contributed by atoms with Crippen molar-refractivity contribution in [3.63, 3.8) is 0 Å². The van der Waals surface area contributed by atoms with Gasteiger partial charge in [-0.25, -0.2) is 0 Å². The Morgan fingerprint density at radius 2 is 1.44 bits per heavy atom. The first kappa shape index (κ1) is 16.9. The molecule has 0 aliphatic heterocycles. The summed E-state index contributed by atoms with van der Waals surface area (Å²) in [6.07, 6.45) is 0. The molecule has 0 aliphatic rings. The van der Waals surface area contributed by atoms with Gasteiger partial charge in [-0.3, -0.25) is 4.79 Å². The van der Waals surface area contributed by atoms with E-state index in [0.29, 0.717) is 12.2 Å². The SMILES string of the molecule is O=C(Nc1ccccc1)c1ccc(COc2cccc3ccccc23)cc1. The fourth-order valence-electron chi connectivity index (χ4n) is 2.96. The van der Waals surface area contributed by atoms with Gasteiger partial charge in [-0.15, -0.1) is 0 Å². The van der Waals surface area contributed by atoms with Crippen molar-refractivity contribution >= 4 is 22.4 Å². The summed E-state index contributed by atoms with van der Waals surface area (Å²) in [7, 11) is 0. The molecule has 4 aromatic rings. The van der Waals surface area contributed by atoms with Crippen LogP contribution in [0.15, 0.2) is 97.1 Å². The van der Waals surface area contributed by atoms with E-state index >= 15 is 0 Å². The van der Waals surface area contributed by atoms with Gasteiger partial charge >= 0.3 is 0 Å². The lowest BCUT2D eigenvalue weighted by molar-refractivity contribution is 0.102. The van der Waals surface area contributed by atoms with Crippen molar-refractivity contribution in [3.8, 4) is 5.75 Å². The minimum atomic E-state index is -0.122. The van der Waals surface area contributed by atoms with E-state index in [4.69, 9.17) is 4.74 Å². The van der Waals surface area contributed by atoms with Crippen molar-refractivity contribution in [2.45, 2.75) is 6.61 Å². The minimum Gasteiger partial charge on any atom is -0.488 e. The van der Waals surface area contributed by atoms with Gasteiger partial charge in [0.1, 0.15) is 12.4 Å². The molecule has 0 atom stereocenters. The van der Waals surface area contributed by atoms with Crippen LogP contribution in [0.2, 0.25) is 0 Å². The summed E-state index contributed by atoms with van der Waals surface area (Å²) in [5.74, 6) is 0.738. The third-order valence-corrected chi connectivity index (χ3v) is 4.39. The van der Waals surface area contributed by atoms with E-state index in [9.17, 15) is 4.79 Å². The number of para-hydroxylation sites is 1. The van der Waals surface area contributed by atoms with Crippen LogP contribution < -0.4 is 10.1 Å². The quantitative estimate of drug-likeness (QED) is 0.502. The Balaban J connectivity index is 1.42. The Morgan fingerprint density at radius 3 is 2.26 bits per heavy atom. The van der Waals surface area contributed by atoms with Crippen molar-refractivity contribution in [2.75, 3.05) is 5.32 Å². The van der Waals surface area contributed by atoms with Gasteiger partial charge in [0.2, 0.25) is 0 Å². The van der Waals surface area contributed by atoms with Gasteiger partial charge in [0.25, 0.3) is 5.91 Å². The maximum atomic E-state index is 12.3. The maximum absolute atomic E-state index is 12.3. The lowest BCUT2D eigenvalue weighted by atomic mass is 10.1. The second kappa shape index (κ2) is 7.75. The highest BCUT2D eigenvalue weighted by atomic mass is 16.5. The zero-order valence-corrected chi connectivity index (χ0v) is 14.8. The normalized spacial score (nSPS) is 10.5. The van der Waals surface area contributed by atoms with E-state index in [-0.39, 0.29) is 5.91 Å². The molecule has 0 aromatic heterocycles. The third-order valence-electron chi connectivity index (χ3n) is 4.39. The number of carbonyl (C=O) groups is 1. The molecule has 0 spiro atoms. The molecule has 0 heterocycles. The molecule has 3 heteroatoms. The van der Waals surface area contributed by atoms with Gasteiger partial charge in [0, 0.05) is 16.6 Å². The lowest BCUT2D eigenvalue weighted by Gasteiger charge is -2.10. The first-order chi connectivity index (χ1) is 13.3. The van der Waals surface area contributed by atoms with E-state index in [1.807, 2.05) is 78.9 Å². The van der Waals surface area contributed by atoms with Gasteiger partial charge < -0.3 is 10.1 Å². The van der Waals surface area contributed by atoms with Gasteiger partial charge in [-0.05, 0) is 41.3 Å². The zero-order chi connectivity index (χ0) is 18.5. The molecule has 0 saturated carbocycles. The summed E-state index contributed by atoms with van der Waals surface area (Å²) in [5, 5.41) is 5.14. The molecule has 0 saturated heterocycles. The topological polar surface area (TPSA) is 38.3 Å². The minimum absolute atomic E-state index is 0.122. The fourth-order valence-corrected chi connectivity index (χ4v) is 2.96. The Bertz CT molecular complexity index is 1050. The van der Waals surface area contributed by atoms with Crippen molar-refractivity contribution in [3.05, 3.63) is 108 Å². The number of nitrogens with one attached hydrogen (secondary N) is 1. The molecule has 1 N–H and O–H groups in total.